The van der Waals surface area contributed by atoms with Crippen molar-refractivity contribution >= 4 is 36.7 Å². The van der Waals surface area contributed by atoms with Crippen molar-refractivity contribution in [2.75, 3.05) is 0 Å². The van der Waals surface area contributed by atoms with Gasteiger partial charge in [0, 0.05) is 0 Å². The van der Waals surface area contributed by atoms with Gasteiger partial charge in [-0.05, 0) is 0 Å². The summed E-state index contributed by atoms with van der Waals surface area (Å²) >= 11 is -3.31. The standard InChI is InChI=1S/C28H20.C4H9.CH3.Sn/c1-5-13-23(14-6-1)21-27(25-17-9-3-10-18-25)28(26-19-11-4-12-20-26)22-24-15-7-2-8-16-24;1-4(2)3;;/h1-20H;1-3H3;1H3;. The van der Waals surface area contributed by atoms with E-state index in [1.165, 1.54) is 33.4 Å². The SMILES string of the molecule is C[C](C)(C)[Sn]1([CH3])[C](c2ccccc2)=C(c2ccccc2)C(c2ccccc2)=[C]1c1ccccc1. The van der Waals surface area contributed by atoms with Crippen molar-refractivity contribution in [3.63, 3.8) is 0 Å². The zero-order valence-corrected chi connectivity index (χ0v) is 23.4. The normalized spacial score (nSPS) is 15.6. The molecule has 0 amide bonds. The van der Waals surface area contributed by atoms with Gasteiger partial charge in [0.2, 0.25) is 0 Å². The molecule has 168 valence electrons. The molecule has 4 aromatic carbocycles. The van der Waals surface area contributed by atoms with Gasteiger partial charge in [0.25, 0.3) is 0 Å². The molecule has 0 N–H and O–H groups in total. The second kappa shape index (κ2) is 9.07. The molecule has 0 nitrogen and oxygen atoms in total. The number of allylic oxidation sites excluding steroid dienone is 2. The molecule has 0 saturated heterocycles. The average molecular weight is 547 g/mol. The summed E-state index contributed by atoms with van der Waals surface area (Å²) in [6, 6.07) is 44.5. The van der Waals surface area contributed by atoms with Crippen LogP contribution in [0.2, 0.25) is 8.37 Å². The van der Waals surface area contributed by atoms with Gasteiger partial charge in [-0.1, -0.05) is 0 Å². The van der Waals surface area contributed by atoms with Gasteiger partial charge < -0.3 is 0 Å². The third kappa shape index (κ3) is 3.78. The first kappa shape index (κ1) is 22.9. The fourth-order valence-corrected chi connectivity index (χ4v) is 19.1. The Balaban J connectivity index is 2.00. The first-order chi connectivity index (χ1) is 16.4. The van der Waals surface area contributed by atoms with Gasteiger partial charge in [0.1, 0.15) is 0 Å². The quantitative estimate of drug-likeness (QED) is 0.224. The molecule has 1 aliphatic heterocycles. The first-order valence-corrected chi connectivity index (χ1v) is 19.3. The zero-order valence-electron chi connectivity index (χ0n) is 20.5. The Morgan fingerprint density at radius 3 is 0.941 bits per heavy atom. The van der Waals surface area contributed by atoms with Crippen LogP contribution in [0.5, 0.6) is 0 Å². The second-order valence-electron chi connectivity index (χ2n) is 10.3. The Bertz CT molecular complexity index is 1240. The number of hydrogen-bond acceptors (Lipinski definition) is 0. The van der Waals surface area contributed by atoms with Crippen LogP contribution in [0, 0.1) is 0 Å². The molecule has 0 atom stereocenters. The molecule has 0 unspecified atom stereocenters. The monoisotopic (exact) mass is 548 g/mol. The molecule has 0 spiro atoms. The van der Waals surface area contributed by atoms with Crippen molar-refractivity contribution in [3.8, 4) is 0 Å². The van der Waals surface area contributed by atoms with E-state index in [2.05, 4.69) is 147 Å². The van der Waals surface area contributed by atoms with Gasteiger partial charge in [-0.15, -0.1) is 0 Å². The van der Waals surface area contributed by atoms with Gasteiger partial charge in [-0.25, -0.2) is 0 Å². The molecule has 0 radical (unpaired) electrons. The predicted octanol–water partition coefficient (Wildman–Crippen LogP) is 9.18. The number of benzene rings is 4. The van der Waals surface area contributed by atoms with Crippen LogP contribution >= 0.6 is 0 Å². The van der Waals surface area contributed by atoms with E-state index in [0.717, 1.165) is 0 Å². The summed E-state index contributed by atoms with van der Waals surface area (Å²) in [4.78, 5) is 2.66. The summed E-state index contributed by atoms with van der Waals surface area (Å²) in [5.41, 5.74) is 8.27. The van der Waals surface area contributed by atoms with Crippen LogP contribution in [-0.4, -0.2) is 18.4 Å². The maximum atomic E-state index is 2.66. The van der Waals surface area contributed by atoms with E-state index in [-0.39, 0.29) is 3.43 Å². The molecule has 4 aromatic rings. The number of hydrogen-bond donors (Lipinski definition) is 0. The molecule has 0 aromatic heterocycles. The molecule has 0 aliphatic carbocycles. The van der Waals surface area contributed by atoms with Crippen LogP contribution in [0.3, 0.4) is 0 Å². The molecule has 1 heteroatoms. The molecule has 34 heavy (non-hydrogen) atoms. The Morgan fingerprint density at radius 2 is 0.676 bits per heavy atom. The van der Waals surface area contributed by atoms with Crippen molar-refractivity contribution in [2.24, 2.45) is 0 Å². The van der Waals surface area contributed by atoms with Gasteiger partial charge >= 0.3 is 209 Å². The van der Waals surface area contributed by atoms with Gasteiger partial charge in [-0.3, -0.25) is 0 Å². The second-order valence-corrected chi connectivity index (χ2v) is 23.9. The number of rotatable bonds is 4. The fourth-order valence-electron chi connectivity index (χ4n) is 5.49. The summed E-state index contributed by atoms with van der Waals surface area (Å²) in [7, 11) is 0. The summed E-state index contributed by atoms with van der Waals surface area (Å²) in [5, 5.41) is 0. The minimum absolute atomic E-state index is 0.182. The summed E-state index contributed by atoms with van der Waals surface area (Å²) < 4.78 is 3.42. The first-order valence-electron chi connectivity index (χ1n) is 12.1. The molecular weight excluding hydrogens is 515 g/mol. The third-order valence-electron chi connectivity index (χ3n) is 7.50. The van der Waals surface area contributed by atoms with E-state index in [9.17, 15) is 0 Å². The van der Waals surface area contributed by atoms with Gasteiger partial charge in [0.05, 0.1) is 0 Å². The van der Waals surface area contributed by atoms with Crippen LogP contribution in [-0.2, 0) is 0 Å². The molecular formula is C33H32Sn. The summed E-state index contributed by atoms with van der Waals surface area (Å²) in [5.74, 6) is 0. The van der Waals surface area contributed by atoms with Crippen LogP contribution < -0.4 is 0 Å². The molecule has 0 fully saturated rings. The van der Waals surface area contributed by atoms with Gasteiger partial charge in [-0.2, -0.15) is 0 Å². The van der Waals surface area contributed by atoms with Crippen LogP contribution in [0.25, 0.3) is 18.3 Å². The third-order valence-corrected chi connectivity index (χ3v) is 24.8. The van der Waals surface area contributed by atoms with Gasteiger partial charge in [0.15, 0.2) is 0 Å². The van der Waals surface area contributed by atoms with Crippen molar-refractivity contribution in [1.29, 1.82) is 0 Å². The van der Waals surface area contributed by atoms with Crippen LogP contribution in [0.1, 0.15) is 43.0 Å². The molecule has 0 bridgehead atoms. The van der Waals surface area contributed by atoms with E-state index in [0.29, 0.717) is 0 Å². The van der Waals surface area contributed by atoms with Crippen molar-refractivity contribution in [2.45, 2.75) is 29.1 Å². The Morgan fingerprint density at radius 1 is 0.412 bits per heavy atom. The average Bonchev–Trinajstić information content (AvgIpc) is 3.16. The predicted molar refractivity (Wildman–Crippen MR) is 151 cm³/mol. The Labute approximate surface area is 208 Å². The van der Waals surface area contributed by atoms with E-state index in [4.69, 9.17) is 0 Å². The minimum atomic E-state index is -3.31. The maximum absolute atomic E-state index is 3.31. The van der Waals surface area contributed by atoms with Crippen molar-refractivity contribution < 1.29 is 0 Å². The van der Waals surface area contributed by atoms with Crippen LogP contribution in [0.15, 0.2) is 121 Å². The van der Waals surface area contributed by atoms with Crippen molar-refractivity contribution in [3.05, 3.63) is 144 Å². The van der Waals surface area contributed by atoms with E-state index in [1.807, 2.05) is 0 Å². The van der Waals surface area contributed by atoms with E-state index >= 15 is 0 Å². The van der Waals surface area contributed by atoms with Crippen molar-refractivity contribution in [1.82, 2.24) is 0 Å². The Kier molecular flexibility index (Phi) is 6.12. The fraction of sp³-hybridized carbons (Fsp3) is 0.152. The Hall–Kier alpha value is -2.84. The molecule has 1 aliphatic rings. The topological polar surface area (TPSA) is 0 Å². The van der Waals surface area contributed by atoms with E-state index in [1.54, 1.807) is 7.18 Å². The van der Waals surface area contributed by atoms with Crippen LogP contribution in [0.4, 0.5) is 0 Å². The molecule has 1 heterocycles. The molecule has 0 saturated carbocycles. The summed E-state index contributed by atoms with van der Waals surface area (Å²) in [6.07, 6.45) is 0. The molecule has 5 rings (SSSR count). The summed E-state index contributed by atoms with van der Waals surface area (Å²) in [6.45, 7) is 7.43. The van der Waals surface area contributed by atoms with E-state index < -0.39 is 18.4 Å². The zero-order chi connectivity index (χ0) is 23.8.